The van der Waals surface area contributed by atoms with Crippen LogP contribution in [0.2, 0.25) is 0 Å². The highest BCUT2D eigenvalue weighted by Crippen LogP contribution is 2.13. The molecule has 0 saturated heterocycles. The molecule has 2 aromatic carbocycles. The number of amidine groups is 1. The summed E-state index contributed by atoms with van der Waals surface area (Å²) < 4.78 is 0. The first-order chi connectivity index (χ1) is 9.74. The van der Waals surface area contributed by atoms with Gasteiger partial charge in [-0.25, -0.2) is 0 Å². The van der Waals surface area contributed by atoms with Crippen LogP contribution in [0.3, 0.4) is 0 Å². The van der Waals surface area contributed by atoms with Gasteiger partial charge in [0.15, 0.2) is 0 Å². The minimum absolute atomic E-state index is 0.172. The average Bonchev–Trinajstić information content (AvgIpc) is 2.53. The maximum atomic E-state index is 8.82. The summed E-state index contributed by atoms with van der Waals surface area (Å²) in [5.74, 6) is 0.825. The van der Waals surface area contributed by atoms with E-state index in [1.807, 2.05) is 30.3 Å². The van der Waals surface area contributed by atoms with Gasteiger partial charge < -0.3 is 5.32 Å². The molecule has 3 heteroatoms. The zero-order valence-electron chi connectivity index (χ0n) is 11.7. The Balaban J connectivity index is 2.15. The van der Waals surface area contributed by atoms with E-state index in [0.717, 1.165) is 11.4 Å². The van der Waals surface area contributed by atoms with Crippen LogP contribution in [0.1, 0.15) is 29.7 Å². The van der Waals surface area contributed by atoms with Crippen LogP contribution in [-0.4, -0.2) is 12.9 Å². The topological polar surface area (TPSA) is 48.2 Å². The van der Waals surface area contributed by atoms with Gasteiger partial charge in [-0.3, -0.25) is 4.99 Å². The summed E-state index contributed by atoms with van der Waals surface area (Å²) in [6.07, 6.45) is 0. The summed E-state index contributed by atoms with van der Waals surface area (Å²) in [6.45, 7) is 2.10. The van der Waals surface area contributed by atoms with Gasteiger partial charge in [0.25, 0.3) is 0 Å². The molecule has 0 aliphatic rings. The van der Waals surface area contributed by atoms with E-state index < -0.39 is 0 Å². The maximum absolute atomic E-state index is 8.82. The highest BCUT2D eigenvalue weighted by molar-refractivity contribution is 5.99. The van der Waals surface area contributed by atoms with Crippen molar-refractivity contribution in [2.75, 3.05) is 7.05 Å². The van der Waals surface area contributed by atoms with E-state index in [4.69, 9.17) is 5.26 Å². The van der Waals surface area contributed by atoms with Gasteiger partial charge in [-0.2, -0.15) is 5.26 Å². The highest BCUT2D eigenvalue weighted by atomic mass is 15.0. The first-order valence-corrected chi connectivity index (χ1v) is 6.53. The monoisotopic (exact) mass is 263 g/mol. The normalized spacial score (nSPS) is 12.6. The minimum atomic E-state index is 0.172. The second-order valence-corrected chi connectivity index (χ2v) is 4.54. The predicted octanol–water partition coefficient (Wildman–Crippen LogP) is 3.29. The molecule has 0 saturated carbocycles. The fraction of sp³-hybridized carbons (Fsp3) is 0.176. The molecule has 0 bridgehead atoms. The van der Waals surface area contributed by atoms with Crippen molar-refractivity contribution in [1.29, 1.82) is 5.26 Å². The largest absolute Gasteiger partial charge is 0.363 e. The summed E-state index contributed by atoms with van der Waals surface area (Å²) >= 11 is 0. The van der Waals surface area contributed by atoms with E-state index in [9.17, 15) is 0 Å². The highest BCUT2D eigenvalue weighted by Gasteiger charge is 2.09. The number of rotatable bonds is 3. The van der Waals surface area contributed by atoms with Gasteiger partial charge in [-0.05, 0) is 36.8 Å². The maximum Gasteiger partial charge on any atom is 0.128 e. The zero-order valence-corrected chi connectivity index (χ0v) is 11.7. The molecule has 1 atom stereocenters. The first kappa shape index (κ1) is 13.8. The predicted molar refractivity (Wildman–Crippen MR) is 81.6 cm³/mol. The molecule has 0 fully saturated rings. The van der Waals surface area contributed by atoms with E-state index in [0.29, 0.717) is 5.56 Å². The van der Waals surface area contributed by atoms with Crippen molar-refractivity contribution in [2.45, 2.75) is 13.0 Å². The standard InChI is InChI=1S/C17H17N3/c1-13(15-6-4-3-5-7-15)20-17(19-2)16-10-8-14(12-18)9-11-16/h3-11,13H,1-2H3,(H,19,20). The van der Waals surface area contributed by atoms with Crippen LogP contribution in [0.4, 0.5) is 0 Å². The van der Waals surface area contributed by atoms with Crippen molar-refractivity contribution in [3.8, 4) is 6.07 Å². The third-order valence-electron chi connectivity index (χ3n) is 3.16. The molecule has 0 heterocycles. The van der Waals surface area contributed by atoms with Crippen LogP contribution in [0.25, 0.3) is 0 Å². The third-order valence-corrected chi connectivity index (χ3v) is 3.16. The Bertz CT molecular complexity index is 622. The summed E-state index contributed by atoms with van der Waals surface area (Å²) in [7, 11) is 1.76. The number of nitriles is 1. The fourth-order valence-electron chi connectivity index (χ4n) is 2.01. The van der Waals surface area contributed by atoms with E-state index in [-0.39, 0.29) is 6.04 Å². The lowest BCUT2D eigenvalue weighted by Crippen LogP contribution is -2.27. The number of hydrogen-bond donors (Lipinski definition) is 1. The Morgan fingerprint density at radius 3 is 2.30 bits per heavy atom. The first-order valence-electron chi connectivity index (χ1n) is 6.53. The zero-order chi connectivity index (χ0) is 14.4. The lowest BCUT2D eigenvalue weighted by Gasteiger charge is -2.17. The molecule has 0 aromatic heterocycles. The SMILES string of the molecule is CN=C(NC(C)c1ccccc1)c1ccc(C#N)cc1. The number of benzene rings is 2. The van der Waals surface area contributed by atoms with E-state index in [2.05, 4.69) is 35.4 Å². The lowest BCUT2D eigenvalue weighted by molar-refractivity contribution is 0.716. The molecule has 0 aliphatic carbocycles. The second-order valence-electron chi connectivity index (χ2n) is 4.54. The van der Waals surface area contributed by atoms with Gasteiger partial charge in [-0.15, -0.1) is 0 Å². The summed E-state index contributed by atoms with van der Waals surface area (Å²) in [6, 6.07) is 19.9. The van der Waals surface area contributed by atoms with Crippen molar-refractivity contribution < 1.29 is 0 Å². The molecule has 0 radical (unpaired) electrons. The molecule has 1 N–H and O–H groups in total. The van der Waals surface area contributed by atoms with Gasteiger partial charge in [0.2, 0.25) is 0 Å². The van der Waals surface area contributed by atoms with Crippen LogP contribution in [0.15, 0.2) is 59.6 Å². The average molecular weight is 263 g/mol. The molecule has 0 amide bonds. The van der Waals surface area contributed by atoms with Crippen molar-refractivity contribution in [3.05, 3.63) is 71.3 Å². The smallest absolute Gasteiger partial charge is 0.128 e. The van der Waals surface area contributed by atoms with Crippen LogP contribution >= 0.6 is 0 Å². The van der Waals surface area contributed by atoms with Crippen molar-refractivity contribution in [3.63, 3.8) is 0 Å². The Hall–Kier alpha value is -2.60. The summed E-state index contributed by atoms with van der Waals surface area (Å²) in [5, 5.41) is 12.2. The fourth-order valence-corrected chi connectivity index (χ4v) is 2.01. The van der Waals surface area contributed by atoms with Gasteiger partial charge in [0.05, 0.1) is 11.6 Å². The summed E-state index contributed by atoms with van der Waals surface area (Å²) in [4.78, 5) is 4.30. The quantitative estimate of drug-likeness (QED) is 0.682. The molecule has 0 spiro atoms. The summed E-state index contributed by atoms with van der Waals surface area (Å²) in [5.41, 5.74) is 2.84. The minimum Gasteiger partial charge on any atom is -0.363 e. The molecule has 1 unspecified atom stereocenters. The van der Waals surface area contributed by atoms with Crippen LogP contribution in [-0.2, 0) is 0 Å². The van der Waals surface area contributed by atoms with Gasteiger partial charge in [-0.1, -0.05) is 30.3 Å². The Morgan fingerprint density at radius 1 is 1.10 bits per heavy atom. The Morgan fingerprint density at radius 2 is 1.75 bits per heavy atom. The molecule has 3 nitrogen and oxygen atoms in total. The van der Waals surface area contributed by atoms with Crippen LogP contribution < -0.4 is 5.32 Å². The molecule has 100 valence electrons. The van der Waals surface area contributed by atoms with Gasteiger partial charge in [0, 0.05) is 18.7 Å². The van der Waals surface area contributed by atoms with Crippen LogP contribution in [0.5, 0.6) is 0 Å². The number of nitrogens with zero attached hydrogens (tertiary/aromatic N) is 2. The van der Waals surface area contributed by atoms with Crippen LogP contribution in [0, 0.1) is 11.3 Å². The molecular formula is C17H17N3. The molecule has 20 heavy (non-hydrogen) atoms. The van der Waals surface area contributed by atoms with E-state index in [1.165, 1.54) is 5.56 Å². The molecule has 2 aromatic rings. The van der Waals surface area contributed by atoms with E-state index in [1.54, 1.807) is 19.2 Å². The van der Waals surface area contributed by atoms with E-state index >= 15 is 0 Å². The number of hydrogen-bond acceptors (Lipinski definition) is 2. The van der Waals surface area contributed by atoms with Crippen molar-refractivity contribution >= 4 is 5.84 Å². The Labute approximate surface area is 119 Å². The third kappa shape index (κ3) is 3.24. The van der Waals surface area contributed by atoms with Gasteiger partial charge in [0.1, 0.15) is 5.84 Å². The second kappa shape index (κ2) is 6.53. The van der Waals surface area contributed by atoms with Gasteiger partial charge >= 0.3 is 0 Å². The molecular weight excluding hydrogens is 246 g/mol. The van der Waals surface area contributed by atoms with Crippen molar-refractivity contribution in [2.24, 2.45) is 4.99 Å². The molecule has 0 aliphatic heterocycles. The Kier molecular flexibility index (Phi) is 4.52. The van der Waals surface area contributed by atoms with Crippen molar-refractivity contribution in [1.82, 2.24) is 5.32 Å². The number of aliphatic imine (C=N–C) groups is 1. The molecule has 2 rings (SSSR count). The lowest BCUT2D eigenvalue weighted by atomic mass is 10.1. The number of nitrogens with one attached hydrogen (secondary N) is 1.